The maximum Gasteiger partial charge on any atom is 0.283 e. The van der Waals surface area contributed by atoms with Crippen molar-refractivity contribution in [1.29, 1.82) is 0 Å². The van der Waals surface area contributed by atoms with Crippen LogP contribution in [0.4, 0.5) is 5.69 Å². The molecule has 0 unspecified atom stereocenters. The molecule has 0 aliphatic carbocycles. The number of benzene rings is 2. The van der Waals surface area contributed by atoms with Gasteiger partial charge in [0.1, 0.15) is 0 Å². The summed E-state index contributed by atoms with van der Waals surface area (Å²) in [5.41, 5.74) is 3.99. The van der Waals surface area contributed by atoms with Crippen LogP contribution in [0.1, 0.15) is 16.7 Å². The number of nitrogens with one attached hydrogen (secondary N) is 2. The van der Waals surface area contributed by atoms with Gasteiger partial charge < -0.3 is 10.6 Å². The molecule has 0 atom stereocenters. The normalized spacial score (nSPS) is 10.0. The first-order chi connectivity index (χ1) is 10.1. The topological polar surface area (TPSA) is 41.1 Å². The Kier molecular flexibility index (Phi) is 5.06. The summed E-state index contributed by atoms with van der Waals surface area (Å²) in [6, 6.07) is 15.8. The zero-order chi connectivity index (χ0) is 15.2. The number of rotatable bonds is 3. The monoisotopic (exact) mass is 298 g/mol. The molecule has 0 spiro atoms. The molecule has 108 valence electrons. The highest BCUT2D eigenvalue weighted by atomic mass is 32.1. The van der Waals surface area contributed by atoms with Crippen molar-refractivity contribution in [3.8, 4) is 0 Å². The van der Waals surface area contributed by atoms with E-state index < -0.39 is 0 Å². The van der Waals surface area contributed by atoms with Gasteiger partial charge in [0.2, 0.25) is 0 Å². The fourth-order valence-electron chi connectivity index (χ4n) is 1.91. The van der Waals surface area contributed by atoms with Gasteiger partial charge in [0.05, 0.1) is 0 Å². The molecule has 1 amide bonds. The van der Waals surface area contributed by atoms with Crippen LogP contribution < -0.4 is 10.6 Å². The largest absolute Gasteiger partial charge is 0.368 e. The third-order valence-electron chi connectivity index (χ3n) is 3.14. The van der Waals surface area contributed by atoms with Crippen LogP contribution in [0.2, 0.25) is 0 Å². The third kappa shape index (κ3) is 4.39. The van der Waals surface area contributed by atoms with Gasteiger partial charge in [-0.25, -0.2) is 0 Å². The first-order valence-electron chi connectivity index (χ1n) is 6.76. The summed E-state index contributed by atoms with van der Waals surface area (Å²) in [6.07, 6.45) is 0. The molecule has 2 N–H and O–H groups in total. The molecule has 0 saturated carbocycles. The van der Waals surface area contributed by atoms with E-state index in [9.17, 15) is 4.79 Å². The molecule has 0 aromatic heterocycles. The van der Waals surface area contributed by atoms with Gasteiger partial charge >= 0.3 is 0 Å². The van der Waals surface area contributed by atoms with Gasteiger partial charge in [0.25, 0.3) is 5.91 Å². The number of aryl methyl sites for hydroxylation is 2. The number of carbonyl (C=O) groups excluding carboxylic acids is 1. The summed E-state index contributed by atoms with van der Waals surface area (Å²) in [5.74, 6) is -0.283. The van der Waals surface area contributed by atoms with Crippen LogP contribution in [0.25, 0.3) is 0 Å². The second kappa shape index (κ2) is 6.99. The molecule has 2 aromatic carbocycles. The fraction of sp³-hybridized carbons (Fsp3) is 0.176. The SMILES string of the molecule is Cc1ccc(C)c(NC(=O)C(=S)NCc2ccccc2)c1. The number of hydrogen-bond acceptors (Lipinski definition) is 2. The quantitative estimate of drug-likeness (QED) is 0.854. The van der Waals surface area contributed by atoms with E-state index in [0.29, 0.717) is 6.54 Å². The Bertz CT molecular complexity index is 653. The highest BCUT2D eigenvalue weighted by Crippen LogP contribution is 2.16. The van der Waals surface area contributed by atoms with Crippen LogP contribution in [-0.2, 0) is 11.3 Å². The Hall–Kier alpha value is -2.20. The predicted octanol–water partition coefficient (Wildman–Crippen LogP) is 3.36. The molecule has 21 heavy (non-hydrogen) atoms. The number of carbonyl (C=O) groups is 1. The molecule has 0 radical (unpaired) electrons. The second-order valence-electron chi connectivity index (χ2n) is 4.94. The maximum absolute atomic E-state index is 12.1. The highest BCUT2D eigenvalue weighted by Gasteiger charge is 2.10. The lowest BCUT2D eigenvalue weighted by atomic mass is 10.1. The van der Waals surface area contributed by atoms with E-state index in [2.05, 4.69) is 10.6 Å². The highest BCUT2D eigenvalue weighted by molar-refractivity contribution is 7.82. The van der Waals surface area contributed by atoms with E-state index in [4.69, 9.17) is 12.2 Å². The van der Waals surface area contributed by atoms with Crippen LogP contribution in [0.3, 0.4) is 0 Å². The van der Waals surface area contributed by atoms with Crippen molar-refractivity contribution in [2.75, 3.05) is 5.32 Å². The maximum atomic E-state index is 12.1. The lowest BCUT2D eigenvalue weighted by Crippen LogP contribution is -2.33. The number of thiocarbonyl (C=S) groups is 1. The predicted molar refractivity (Wildman–Crippen MR) is 90.4 cm³/mol. The van der Waals surface area contributed by atoms with E-state index in [-0.39, 0.29) is 10.9 Å². The zero-order valence-corrected chi connectivity index (χ0v) is 13.0. The molecule has 0 fully saturated rings. The summed E-state index contributed by atoms with van der Waals surface area (Å²) in [6.45, 7) is 4.48. The van der Waals surface area contributed by atoms with Crippen molar-refractivity contribution in [3.05, 3.63) is 65.2 Å². The van der Waals surface area contributed by atoms with Crippen molar-refractivity contribution in [2.45, 2.75) is 20.4 Å². The lowest BCUT2D eigenvalue weighted by molar-refractivity contribution is -0.110. The van der Waals surface area contributed by atoms with Gasteiger partial charge in [0.15, 0.2) is 4.99 Å². The Balaban J connectivity index is 1.94. The van der Waals surface area contributed by atoms with Crippen LogP contribution in [0, 0.1) is 13.8 Å². The Morgan fingerprint density at radius 3 is 2.52 bits per heavy atom. The van der Waals surface area contributed by atoms with E-state index in [0.717, 1.165) is 22.4 Å². The van der Waals surface area contributed by atoms with Gasteiger partial charge in [-0.1, -0.05) is 54.7 Å². The first kappa shape index (κ1) is 15.2. The number of anilines is 1. The van der Waals surface area contributed by atoms with E-state index in [1.807, 2.05) is 62.4 Å². The molecule has 4 heteroatoms. The van der Waals surface area contributed by atoms with Crippen molar-refractivity contribution < 1.29 is 4.79 Å². The standard InChI is InChI=1S/C17H18N2OS/c1-12-8-9-13(2)15(10-12)19-16(20)17(21)18-11-14-6-4-3-5-7-14/h3-10H,11H2,1-2H3,(H,18,21)(H,19,20). The molecule has 2 aromatic rings. The molecule has 0 saturated heterocycles. The van der Waals surface area contributed by atoms with E-state index >= 15 is 0 Å². The Morgan fingerprint density at radius 2 is 1.81 bits per heavy atom. The van der Waals surface area contributed by atoms with E-state index in [1.54, 1.807) is 0 Å². The number of amides is 1. The molecule has 3 nitrogen and oxygen atoms in total. The van der Waals surface area contributed by atoms with Crippen LogP contribution >= 0.6 is 12.2 Å². The molecule has 2 rings (SSSR count). The Morgan fingerprint density at radius 1 is 1.10 bits per heavy atom. The smallest absolute Gasteiger partial charge is 0.283 e. The van der Waals surface area contributed by atoms with Crippen LogP contribution in [-0.4, -0.2) is 10.9 Å². The lowest BCUT2D eigenvalue weighted by Gasteiger charge is -2.11. The van der Waals surface area contributed by atoms with Gasteiger partial charge in [0, 0.05) is 12.2 Å². The first-order valence-corrected chi connectivity index (χ1v) is 7.17. The van der Waals surface area contributed by atoms with Gasteiger partial charge in [-0.2, -0.15) is 0 Å². The molecule has 0 aliphatic heterocycles. The molecule has 0 heterocycles. The molecule has 0 aliphatic rings. The van der Waals surface area contributed by atoms with Crippen molar-refractivity contribution >= 4 is 28.8 Å². The van der Waals surface area contributed by atoms with Gasteiger partial charge in [-0.05, 0) is 36.6 Å². The average molecular weight is 298 g/mol. The summed E-state index contributed by atoms with van der Waals surface area (Å²) < 4.78 is 0. The summed E-state index contributed by atoms with van der Waals surface area (Å²) in [7, 11) is 0. The summed E-state index contributed by atoms with van der Waals surface area (Å²) in [4.78, 5) is 12.3. The molecular weight excluding hydrogens is 280 g/mol. The van der Waals surface area contributed by atoms with Crippen molar-refractivity contribution in [2.24, 2.45) is 0 Å². The van der Waals surface area contributed by atoms with E-state index in [1.165, 1.54) is 0 Å². The average Bonchev–Trinajstić information content (AvgIpc) is 2.49. The minimum absolute atomic E-state index is 0.194. The van der Waals surface area contributed by atoms with Crippen LogP contribution in [0.5, 0.6) is 0 Å². The molecular formula is C17H18N2OS. The number of hydrogen-bond donors (Lipinski definition) is 2. The zero-order valence-electron chi connectivity index (χ0n) is 12.1. The third-order valence-corrected chi connectivity index (χ3v) is 3.47. The minimum atomic E-state index is -0.283. The van der Waals surface area contributed by atoms with Gasteiger partial charge in [-0.3, -0.25) is 4.79 Å². The molecule has 0 bridgehead atoms. The fourth-order valence-corrected chi connectivity index (χ4v) is 2.03. The van der Waals surface area contributed by atoms with Crippen molar-refractivity contribution in [3.63, 3.8) is 0 Å². The van der Waals surface area contributed by atoms with Crippen molar-refractivity contribution in [1.82, 2.24) is 5.32 Å². The second-order valence-corrected chi connectivity index (χ2v) is 5.35. The minimum Gasteiger partial charge on any atom is -0.368 e. The summed E-state index contributed by atoms with van der Waals surface area (Å²) >= 11 is 5.13. The van der Waals surface area contributed by atoms with Crippen LogP contribution in [0.15, 0.2) is 48.5 Å². The Labute approximate surface area is 130 Å². The summed E-state index contributed by atoms with van der Waals surface area (Å²) in [5, 5.41) is 5.82. The van der Waals surface area contributed by atoms with Gasteiger partial charge in [-0.15, -0.1) is 0 Å².